The molecule has 2 aromatic carbocycles. The van der Waals surface area contributed by atoms with Crippen LogP contribution >= 0.6 is 0 Å². The average Bonchev–Trinajstić information content (AvgIpc) is 3.31. The highest BCUT2D eigenvalue weighted by atomic mass is 19.4. The molecule has 37 heavy (non-hydrogen) atoms. The Labute approximate surface area is 215 Å². The Kier molecular flexibility index (Phi) is 8.23. The largest absolute Gasteiger partial charge is 0.416 e. The van der Waals surface area contributed by atoms with Gasteiger partial charge in [0, 0.05) is 18.7 Å². The number of alkyl halides is 3. The smallest absolute Gasteiger partial charge is 0.394 e. The topological polar surface area (TPSA) is 88.2 Å². The zero-order valence-corrected chi connectivity index (χ0v) is 21.1. The second-order valence-corrected chi connectivity index (χ2v) is 10.3. The Balaban J connectivity index is 1.38. The van der Waals surface area contributed by atoms with E-state index in [0.29, 0.717) is 41.9 Å². The average molecular weight is 518 g/mol. The zero-order chi connectivity index (χ0) is 26.6. The molecule has 1 saturated heterocycles. The van der Waals surface area contributed by atoms with E-state index in [-0.39, 0.29) is 25.0 Å². The van der Waals surface area contributed by atoms with Crippen LogP contribution in [0.25, 0.3) is 0 Å². The summed E-state index contributed by atoms with van der Waals surface area (Å²) in [5.41, 5.74) is 7.28. The molecule has 9 heteroatoms. The number of hydrogen-bond acceptors (Lipinski definition) is 5. The fourth-order valence-electron chi connectivity index (χ4n) is 5.20. The van der Waals surface area contributed by atoms with Crippen LogP contribution in [0, 0.1) is 0 Å². The lowest BCUT2D eigenvalue weighted by Crippen LogP contribution is -2.46. The van der Waals surface area contributed by atoms with Crippen LogP contribution in [-0.4, -0.2) is 46.9 Å². The minimum Gasteiger partial charge on any atom is -0.394 e. The van der Waals surface area contributed by atoms with E-state index in [1.807, 2.05) is 0 Å². The van der Waals surface area contributed by atoms with Crippen LogP contribution < -0.4 is 5.73 Å². The second-order valence-electron chi connectivity index (χ2n) is 10.3. The maximum absolute atomic E-state index is 13.8. The number of carbonyl (C=O) groups is 1. The lowest BCUT2D eigenvalue weighted by atomic mass is 9.81. The molecular weight excluding hydrogens is 483 g/mol. The summed E-state index contributed by atoms with van der Waals surface area (Å²) in [5.74, 6) is -0.205. The highest BCUT2D eigenvalue weighted by Gasteiger charge is 2.37. The fourth-order valence-corrected chi connectivity index (χ4v) is 5.20. The molecule has 0 bridgehead atoms. The van der Waals surface area contributed by atoms with Crippen molar-refractivity contribution in [1.29, 1.82) is 0 Å². The molecule has 1 atom stereocenters. The number of likely N-dealkylation sites (tertiary alicyclic amines) is 1. The standard InChI is InChI=1S/C28H34F3N3O3/c1-19(21-8-10-23(11-9-21)26(36)34-14-13-27(32,17-34)18-35)33-37-16-20-7-12-24(22-5-3-2-4-6-22)25(15-20)28(29,30)31/h7-12,15,22,35H,2-6,13-14,16-18,32H2,1H3. The van der Waals surface area contributed by atoms with Gasteiger partial charge in [0.05, 0.1) is 23.4 Å². The quantitative estimate of drug-likeness (QED) is 0.389. The number of nitrogens with zero attached hydrogens (tertiary/aromatic N) is 2. The molecule has 4 rings (SSSR count). The highest BCUT2D eigenvalue weighted by Crippen LogP contribution is 2.41. The van der Waals surface area contributed by atoms with Gasteiger partial charge in [-0.05, 0) is 67.0 Å². The Hall–Kier alpha value is -2.91. The molecule has 6 nitrogen and oxygen atoms in total. The van der Waals surface area contributed by atoms with Gasteiger partial charge in [0.25, 0.3) is 5.91 Å². The third kappa shape index (κ3) is 6.51. The summed E-state index contributed by atoms with van der Waals surface area (Å²) in [6, 6.07) is 11.3. The van der Waals surface area contributed by atoms with E-state index in [0.717, 1.165) is 37.7 Å². The molecule has 1 unspecified atom stereocenters. The molecule has 2 aromatic rings. The van der Waals surface area contributed by atoms with Crippen LogP contribution in [0.2, 0.25) is 0 Å². The van der Waals surface area contributed by atoms with E-state index < -0.39 is 17.3 Å². The lowest BCUT2D eigenvalue weighted by molar-refractivity contribution is -0.138. The minimum absolute atomic E-state index is 0.0477. The van der Waals surface area contributed by atoms with E-state index >= 15 is 0 Å². The first-order valence-electron chi connectivity index (χ1n) is 12.8. The van der Waals surface area contributed by atoms with Crippen LogP contribution in [0.1, 0.15) is 84.0 Å². The number of oxime groups is 1. The first-order valence-corrected chi connectivity index (χ1v) is 12.8. The Bertz CT molecular complexity index is 1130. The first-order chi connectivity index (χ1) is 17.6. The molecule has 0 spiro atoms. The molecule has 1 heterocycles. The van der Waals surface area contributed by atoms with E-state index in [9.17, 15) is 23.1 Å². The van der Waals surface area contributed by atoms with Gasteiger partial charge >= 0.3 is 6.18 Å². The van der Waals surface area contributed by atoms with E-state index in [1.54, 1.807) is 48.2 Å². The maximum atomic E-state index is 13.8. The van der Waals surface area contributed by atoms with Gasteiger partial charge in [-0.2, -0.15) is 13.2 Å². The number of rotatable bonds is 7. The molecule has 200 valence electrons. The van der Waals surface area contributed by atoms with Crippen molar-refractivity contribution in [3.8, 4) is 0 Å². The van der Waals surface area contributed by atoms with Crippen molar-refractivity contribution in [2.75, 3.05) is 19.7 Å². The number of benzene rings is 2. The molecule has 1 amide bonds. The Morgan fingerprint density at radius 3 is 2.43 bits per heavy atom. The molecule has 1 aliphatic heterocycles. The number of hydrogen-bond donors (Lipinski definition) is 2. The summed E-state index contributed by atoms with van der Waals surface area (Å²) < 4.78 is 41.4. The molecule has 3 N–H and O–H groups in total. The van der Waals surface area contributed by atoms with Gasteiger partial charge in [-0.15, -0.1) is 0 Å². The number of aliphatic hydroxyl groups excluding tert-OH is 1. The molecule has 1 saturated carbocycles. The van der Waals surface area contributed by atoms with E-state index in [1.165, 1.54) is 6.07 Å². The number of amides is 1. The van der Waals surface area contributed by atoms with Gasteiger partial charge in [-0.3, -0.25) is 4.79 Å². The maximum Gasteiger partial charge on any atom is 0.416 e. The predicted molar refractivity (Wildman–Crippen MR) is 135 cm³/mol. The van der Waals surface area contributed by atoms with Crippen molar-refractivity contribution in [2.45, 2.75) is 69.7 Å². The summed E-state index contributed by atoms with van der Waals surface area (Å²) in [4.78, 5) is 19.8. The van der Waals surface area contributed by atoms with Gasteiger partial charge in [0.15, 0.2) is 0 Å². The lowest BCUT2D eigenvalue weighted by Gasteiger charge is -2.25. The van der Waals surface area contributed by atoms with Crippen molar-refractivity contribution in [3.05, 3.63) is 70.3 Å². The Morgan fingerprint density at radius 1 is 1.14 bits per heavy atom. The summed E-state index contributed by atoms with van der Waals surface area (Å²) in [6.07, 6.45) is 0.726. The number of halogens is 3. The van der Waals surface area contributed by atoms with Gasteiger partial charge in [-0.25, -0.2) is 0 Å². The van der Waals surface area contributed by atoms with Crippen LogP contribution in [0.4, 0.5) is 13.2 Å². The van der Waals surface area contributed by atoms with Crippen molar-refractivity contribution in [2.24, 2.45) is 10.9 Å². The molecule has 0 aromatic heterocycles. The number of aliphatic hydroxyl groups is 1. The monoisotopic (exact) mass is 517 g/mol. The molecule has 2 fully saturated rings. The van der Waals surface area contributed by atoms with Crippen molar-refractivity contribution in [3.63, 3.8) is 0 Å². The van der Waals surface area contributed by atoms with Crippen LogP contribution in [-0.2, 0) is 17.6 Å². The van der Waals surface area contributed by atoms with Crippen molar-refractivity contribution in [1.82, 2.24) is 4.90 Å². The SMILES string of the molecule is CC(=NOCc1ccc(C2CCCCC2)c(C(F)(F)F)c1)c1ccc(C(=O)N2CCC(N)(CO)C2)cc1. The van der Waals surface area contributed by atoms with E-state index in [4.69, 9.17) is 10.6 Å². The molecular formula is C28H34F3N3O3. The van der Waals surface area contributed by atoms with Crippen LogP contribution in [0.5, 0.6) is 0 Å². The summed E-state index contributed by atoms with van der Waals surface area (Å²) in [5, 5.41) is 13.5. The molecule has 2 aliphatic rings. The van der Waals surface area contributed by atoms with Crippen LogP contribution in [0.15, 0.2) is 47.6 Å². The Morgan fingerprint density at radius 2 is 1.81 bits per heavy atom. The van der Waals surface area contributed by atoms with Gasteiger partial charge < -0.3 is 20.6 Å². The van der Waals surface area contributed by atoms with Crippen LogP contribution in [0.3, 0.4) is 0 Å². The second kappa shape index (κ2) is 11.2. The normalized spacial score (nSPS) is 21.4. The highest BCUT2D eigenvalue weighted by molar-refractivity contribution is 6.00. The summed E-state index contributed by atoms with van der Waals surface area (Å²) >= 11 is 0. The van der Waals surface area contributed by atoms with Crippen molar-refractivity contribution >= 4 is 11.6 Å². The van der Waals surface area contributed by atoms with Gasteiger partial charge in [0.2, 0.25) is 0 Å². The van der Waals surface area contributed by atoms with Crippen molar-refractivity contribution < 1.29 is 27.9 Å². The first kappa shape index (κ1) is 27.1. The van der Waals surface area contributed by atoms with E-state index in [2.05, 4.69) is 5.16 Å². The number of carbonyl (C=O) groups excluding carboxylic acids is 1. The summed E-state index contributed by atoms with van der Waals surface area (Å²) in [6.45, 7) is 2.27. The predicted octanol–water partition coefficient (Wildman–Crippen LogP) is 5.23. The van der Waals surface area contributed by atoms with Gasteiger partial charge in [0.1, 0.15) is 6.61 Å². The zero-order valence-electron chi connectivity index (χ0n) is 21.1. The molecule has 1 aliphatic carbocycles. The third-order valence-electron chi connectivity index (χ3n) is 7.44. The molecule has 0 radical (unpaired) electrons. The summed E-state index contributed by atoms with van der Waals surface area (Å²) in [7, 11) is 0. The number of nitrogens with two attached hydrogens (primary N) is 1. The van der Waals surface area contributed by atoms with Gasteiger partial charge in [-0.1, -0.05) is 48.7 Å². The minimum atomic E-state index is -4.42. The third-order valence-corrected chi connectivity index (χ3v) is 7.44. The fraction of sp³-hybridized carbons (Fsp3) is 0.500.